The molecule has 0 saturated carbocycles. The van der Waals surface area contributed by atoms with Crippen LogP contribution >= 0.6 is 23.2 Å². The number of non-ortho nitro benzene ring substituents is 1. The van der Waals surface area contributed by atoms with E-state index in [-0.39, 0.29) is 32.9 Å². The Balaban J connectivity index is 1.99. The first-order valence-electron chi connectivity index (χ1n) is 6.92. The number of carbonyl (C=O) groups is 2. The summed E-state index contributed by atoms with van der Waals surface area (Å²) in [4.78, 5) is 37.6. The first-order valence-corrected chi connectivity index (χ1v) is 7.68. The van der Waals surface area contributed by atoms with Crippen LogP contribution in [0.3, 0.4) is 0 Å². The van der Waals surface area contributed by atoms with Gasteiger partial charge in [-0.15, -0.1) is 0 Å². The van der Waals surface area contributed by atoms with Crippen LogP contribution in [0.4, 0.5) is 11.4 Å². The number of rotatable bonds is 6. The fourth-order valence-corrected chi connectivity index (χ4v) is 2.10. The van der Waals surface area contributed by atoms with Gasteiger partial charge in [0, 0.05) is 12.3 Å². The Bertz CT molecular complexity index is 874. The number of pyridine rings is 1. The molecule has 2 aromatic rings. The molecule has 9 nitrogen and oxygen atoms in total. The molecule has 1 amide bonds. The van der Waals surface area contributed by atoms with Crippen LogP contribution in [0.5, 0.6) is 5.75 Å². The van der Waals surface area contributed by atoms with Crippen molar-refractivity contribution in [3.63, 3.8) is 0 Å². The molecule has 11 heteroatoms. The van der Waals surface area contributed by atoms with Gasteiger partial charge >= 0.3 is 5.97 Å². The number of esters is 1. The van der Waals surface area contributed by atoms with Gasteiger partial charge in [-0.05, 0) is 12.1 Å². The van der Waals surface area contributed by atoms with Gasteiger partial charge in [0.25, 0.3) is 11.6 Å². The Kier molecular flexibility index (Phi) is 6.31. The molecule has 1 heterocycles. The monoisotopic (exact) mass is 399 g/mol. The lowest BCUT2D eigenvalue weighted by molar-refractivity contribution is -0.384. The summed E-state index contributed by atoms with van der Waals surface area (Å²) in [7, 11) is 1.30. The topological polar surface area (TPSA) is 121 Å². The lowest BCUT2D eigenvalue weighted by Crippen LogP contribution is -2.21. The largest absolute Gasteiger partial charge is 0.494 e. The zero-order chi connectivity index (χ0) is 19.3. The van der Waals surface area contributed by atoms with Crippen LogP contribution in [0, 0.1) is 10.1 Å². The maximum absolute atomic E-state index is 11.9. The van der Waals surface area contributed by atoms with Crippen LogP contribution < -0.4 is 10.1 Å². The first kappa shape index (κ1) is 19.4. The van der Waals surface area contributed by atoms with Gasteiger partial charge < -0.3 is 14.8 Å². The number of hydrogen-bond donors (Lipinski definition) is 1. The number of methoxy groups -OCH3 is 1. The average Bonchev–Trinajstić information content (AvgIpc) is 2.62. The number of benzene rings is 1. The Hall–Kier alpha value is -2.91. The zero-order valence-electron chi connectivity index (χ0n) is 13.2. The van der Waals surface area contributed by atoms with E-state index in [0.717, 1.165) is 12.3 Å². The van der Waals surface area contributed by atoms with Crippen LogP contribution in [0.25, 0.3) is 0 Å². The number of hydrogen-bond acceptors (Lipinski definition) is 7. The average molecular weight is 400 g/mol. The van der Waals surface area contributed by atoms with E-state index < -0.39 is 23.4 Å². The van der Waals surface area contributed by atoms with Crippen molar-refractivity contribution in [1.82, 2.24) is 4.98 Å². The summed E-state index contributed by atoms with van der Waals surface area (Å²) in [6.45, 7) is -0.598. The van der Waals surface area contributed by atoms with Gasteiger partial charge in [0.2, 0.25) is 0 Å². The Morgan fingerprint density at radius 2 is 2.04 bits per heavy atom. The highest BCUT2D eigenvalue weighted by molar-refractivity contribution is 6.41. The molecule has 0 aliphatic heterocycles. The number of aromatic nitrogens is 1. The number of amides is 1. The van der Waals surface area contributed by atoms with Crippen LogP contribution in [0.15, 0.2) is 30.5 Å². The van der Waals surface area contributed by atoms with Gasteiger partial charge in [0.1, 0.15) is 10.9 Å². The highest BCUT2D eigenvalue weighted by Crippen LogP contribution is 2.29. The van der Waals surface area contributed by atoms with Crippen molar-refractivity contribution in [2.45, 2.75) is 0 Å². The molecule has 26 heavy (non-hydrogen) atoms. The third-order valence-electron chi connectivity index (χ3n) is 3.04. The van der Waals surface area contributed by atoms with E-state index in [1.807, 2.05) is 0 Å². The fourth-order valence-electron chi connectivity index (χ4n) is 1.83. The molecule has 0 radical (unpaired) electrons. The minimum atomic E-state index is -0.818. The highest BCUT2D eigenvalue weighted by Gasteiger charge is 2.16. The predicted molar refractivity (Wildman–Crippen MR) is 92.8 cm³/mol. The normalized spacial score (nSPS) is 10.1. The lowest BCUT2D eigenvalue weighted by atomic mass is 10.2. The number of nitro benzene ring substituents is 1. The van der Waals surface area contributed by atoms with Crippen LogP contribution in [-0.2, 0) is 9.53 Å². The van der Waals surface area contributed by atoms with Crippen molar-refractivity contribution < 1.29 is 24.0 Å². The summed E-state index contributed by atoms with van der Waals surface area (Å²) >= 11 is 11.4. The number of carbonyl (C=O) groups excluding carboxylic acids is 2. The number of halogens is 2. The van der Waals surface area contributed by atoms with Gasteiger partial charge in [0.05, 0.1) is 34.4 Å². The summed E-state index contributed by atoms with van der Waals surface area (Å²) in [6.07, 6.45) is 1.16. The van der Waals surface area contributed by atoms with Gasteiger partial charge in [-0.25, -0.2) is 9.78 Å². The summed E-state index contributed by atoms with van der Waals surface area (Å²) < 4.78 is 9.84. The molecule has 0 aliphatic rings. The van der Waals surface area contributed by atoms with Crippen molar-refractivity contribution in [3.8, 4) is 5.75 Å². The third kappa shape index (κ3) is 4.80. The van der Waals surface area contributed by atoms with E-state index in [9.17, 15) is 19.7 Å². The molecule has 0 spiro atoms. The molecule has 0 saturated heterocycles. The maximum Gasteiger partial charge on any atom is 0.340 e. The van der Waals surface area contributed by atoms with E-state index in [4.69, 9.17) is 32.7 Å². The van der Waals surface area contributed by atoms with Crippen LogP contribution in [0.2, 0.25) is 10.2 Å². The Labute approximate surface area is 157 Å². The second-order valence-electron chi connectivity index (χ2n) is 4.76. The number of nitro groups is 1. The molecule has 0 aliphatic carbocycles. The predicted octanol–water partition coefficient (Wildman–Crippen LogP) is 3.10. The molecule has 1 aromatic carbocycles. The van der Waals surface area contributed by atoms with Crippen LogP contribution in [-0.4, -0.2) is 35.5 Å². The zero-order valence-corrected chi connectivity index (χ0v) is 14.7. The van der Waals surface area contributed by atoms with Gasteiger partial charge in [-0.2, -0.15) is 0 Å². The van der Waals surface area contributed by atoms with Crippen LogP contribution in [0.1, 0.15) is 10.4 Å². The third-order valence-corrected chi connectivity index (χ3v) is 3.72. The minimum absolute atomic E-state index is 0.0279. The molecule has 0 atom stereocenters. The van der Waals surface area contributed by atoms with Gasteiger partial charge in [-0.1, -0.05) is 23.2 Å². The molecule has 2 rings (SSSR count). The van der Waals surface area contributed by atoms with Gasteiger partial charge in [-0.3, -0.25) is 14.9 Å². The highest BCUT2D eigenvalue weighted by atomic mass is 35.5. The van der Waals surface area contributed by atoms with E-state index in [1.54, 1.807) is 0 Å². The molecule has 0 unspecified atom stereocenters. The number of nitrogens with zero attached hydrogens (tertiary/aromatic N) is 2. The summed E-state index contributed by atoms with van der Waals surface area (Å²) in [5.74, 6) is -1.40. The summed E-state index contributed by atoms with van der Waals surface area (Å²) in [6, 6.07) is 4.92. The second kappa shape index (κ2) is 8.45. The van der Waals surface area contributed by atoms with Crippen molar-refractivity contribution in [2.24, 2.45) is 0 Å². The SMILES string of the molecule is COc1cc([N+](=O)[O-])ccc1NC(=O)COC(=O)c1cnc(Cl)c(Cl)c1. The van der Waals surface area contributed by atoms with Crippen molar-refractivity contribution in [3.05, 3.63) is 56.3 Å². The van der Waals surface area contributed by atoms with E-state index in [2.05, 4.69) is 10.3 Å². The standard InChI is InChI=1S/C15H11Cl2N3O6/c1-25-12-5-9(20(23)24)2-3-11(12)19-13(21)7-26-15(22)8-4-10(16)14(17)18-6-8/h2-6H,7H2,1H3,(H,19,21). The molecule has 0 bridgehead atoms. The molecular weight excluding hydrogens is 389 g/mol. The molecular formula is C15H11Cl2N3O6. The van der Waals surface area contributed by atoms with Crippen molar-refractivity contribution >= 4 is 46.5 Å². The quantitative estimate of drug-likeness (QED) is 0.342. The molecule has 136 valence electrons. The number of nitrogens with one attached hydrogen (secondary N) is 1. The Morgan fingerprint density at radius 1 is 1.31 bits per heavy atom. The van der Waals surface area contributed by atoms with E-state index in [0.29, 0.717) is 0 Å². The maximum atomic E-state index is 11.9. The Morgan fingerprint density at radius 3 is 2.65 bits per heavy atom. The second-order valence-corrected chi connectivity index (χ2v) is 5.53. The fraction of sp³-hybridized carbons (Fsp3) is 0.133. The smallest absolute Gasteiger partial charge is 0.340 e. The molecule has 1 aromatic heterocycles. The lowest BCUT2D eigenvalue weighted by Gasteiger charge is -2.10. The van der Waals surface area contributed by atoms with Crippen molar-refractivity contribution in [2.75, 3.05) is 19.0 Å². The van der Waals surface area contributed by atoms with Crippen molar-refractivity contribution in [1.29, 1.82) is 0 Å². The molecule has 0 fully saturated rings. The van der Waals surface area contributed by atoms with Gasteiger partial charge in [0.15, 0.2) is 6.61 Å². The number of anilines is 1. The summed E-state index contributed by atoms with van der Waals surface area (Å²) in [5.41, 5.74) is 0.0221. The minimum Gasteiger partial charge on any atom is -0.494 e. The van der Waals surface area contributed by atoms with E-state index >= 15 is 0 Å². The summed E-state index contributed by atoms with van der Waals surface area (Å²) in [5, 5.41) is 13.3. The molecule has 1 N–H and O–H groups in total. The van der Waals surface area contributed by atoms with E-state index in [1.165, 1.54) is 25.3 Å². The number of ether oxygens (including phenoxy) is 2. The first-order chi connectivity index (χ1) is 12.3.